The standard InChI is InChI=1S/C14H26N2/c1-2-13(10-11-8-9-11)16-14(15)12-6-4-3-5-7-12/h11-13H,2-10H2,1H3,(H2,15,16). The fourth-order valence-corrected chi connectivity index (χ4v) is 2.76. The first-order valence-corrected chi connectivity index (χ1v) is 7.12. The number of nitrogens with zero attached hydrogens (tertiary/aromatic N) is 1. The number of hydrogen-bond acceptors (Lipinski definition) is 1. The normalized spacial score (nSPS) is 25.7. The van der Waals surface area contributed by atoms with E-state index in [9.17, 15) is 0 Å². The summed E-state index contributed by atoms with van der Waals surface area (Å²) in [6.07, 6.45) is 11.9. The van der Waals surface area contributed by atoms with Crippen molar-refractivity contribution in [1.29, 1.82) is 0 Å². The highest BCUT2D eigenvalue weighted by Gasteiger charge is 2.25. The molecule has 2 aliphatic carbocycles. The van der Waals surface area contributed by atoms with Crippen molar-refractivity contribution in [1.82, 2.24) is 0 Å². The van der Waals surface area contributed by atoms with Gasteiger partial charge in [-0.25, -0.2) is 0 Å². The van der Waals surface area contributed by atoms with Crippen molar-refractivity contribution in [2.45, 2.75) is 70.8 Å². The molecule has 2 saturated carbocycles. The molecule has 2 N–H and O–H groups in total. The first-order chi connectivity index (χ1) is 7.79. The molecule has 0 aliphatic heterocycles. The van der Waals surface area contributed by atoms with Crippen molar-refractivity contribution < 1.29 is 0 Å². The van der Waals surface area contributed by atoms with Crippen molar-refractivity contribution in [3.63, 3.8) is 0 Å². The third-order valence-corrected chi connectivity index (χ3v) is 4.13. The summed E-state index contributed by atoms with van der Waals surface area (Å²) < 4.78 is 0. The molecule has 2 nitrogen and oxygen atoms in total. The minimum atomic E-state index is 0.509. The van der Waals surface area contributed by atoms with Crippen molar-refractivity contribution in [3.8, 4) is 0 Å². The van der Waals surface area contributed by atoms with Gasteiger partial charge in [0.05, 0.1) is 11.9 Å². The van der Waals surface area contributed by atoms with Crippen LogP contribution in [0.3, 0.4) is 0 Å². The average Bonchev–Trinajstić information content (AvgIpc) is 3.13. The van der Waals surface area contributed by atoms with Crippen LogP contribution < -0.4 is 5.73 Å². The van der Waals surface area contributed by atoms with Crippen LogP contribution in [0.4, 0.5) is 0 Å². The molecule has 92 valence electrons. The molecule has 1 atom stereocenters. The van der Waals surface area contributed by atoms with Gasteiger partial charge in [0.1, 0.15) is 0 Å². The monoisotopic (exact) mass is 222 g/mol. The summed E-state index contributed by atoms with van der Waals surface area (Å²) in [4.78, 5) is 4.79. The second-order valence-electron chi connectivity index (χ2n) is 5.63. The third-order valence-electron chi connectivity index (χ3n) is 4.13. The molecule has 1 unspecified atom stereocenters. The van der Waals surface area contributed by atoms with Crippen LogP contribution in [0, 0.1) is 11.8 Å². The van der Waals surface area contributed by atoms with Crippen molar-refractivity contribution in [3.05, 3.63) is 0 Å². The smallest absolute Gasteiger partial charge is 0.0971 e. The van der Waals surface area contributed by atoms with E-state index in [2.05, 4.69) is 6.92 Å². The van der Waals surface area contributed by atoms with Gasteiger partial charge in [-0.15, -0.1) is 0 Å². The molecule has 0 radical (unpaired) electrons. The van der Waals surface area contributed by atoms with Crippen LogP contribution in [-0.2, 0) is 0 Å². The lowest BCUT2D eigenvalue weighted by atomic mass is 9.88. The van der Waals surface area contributed by atoms with Gasteiger partial charge in [0.25, 0.3) is 0 Å². The molecular formula is C14H26N2. The fraction of sp³-hybridized carbons (Fsp3) is 0.929. The predicted molar refractivity (Wildman–Crippen MR) is 69.6 cm³/mol. The van der Waals surface area contributed by atoms with Crippen LogP contribution in [0.5, 0.6) is 0 Å². The largest absolute Gasteiger partial charge is 0.387 e. The Hall–Kier alpha value is -0.530. The molecule has 0 aromatic rings. The lowest BCUT2D eigenvalue weighted by molar-refractivity contribution is 0.433. The summed E-state index contributed by atoms with van der Waals surface area (Å²) in [5, 5.41) is 0. The molecular weight excluding hydrogens is 196 g/mol. The minimum Gasteiger partial charge on any atom is -0.387 e. The van der Waals surface area contributed by atoms with Gasteiger partial charge >= 0.3 is 0 Å². The van der Waals surface area contributed by atoms with E-state index in [1.807, 2.05) is 0 Å². The second kappa shape index (κ2) is 5.70. The zero-order valence-electron chi connectivity index (χ0n) is 10.6. The Labute approximate surface area is 99.7 Å². The van der Waals surface area contributed by atoms with E-state index in [1.165, 1.54) is 51.4 Å². The highest BCUT2D eigenvalue weighted by molar-refractivity contribution is 5.83. The van der Waals surface area contributed by atoms with Gasteiger partial charge in [0.15, 0.2) is 0 Å². The average molecular weight is 222 g/mol. The molecule has 2 heteroatoms. The Balaban J connectivity index is 1.85. The maximum Gasteiger partial charge on any atom is 0.0971 e. The Morgan fingerprint density at radius 3 is 2.44 bits per heavy atom. The third kappa shape index (κ3) is 3.50. The van der Waals surface area contributed by atoms with Crippen LogP contribution in [-0.4, -0.2) is 11.9 Å². The summed E-state index contributed by atoms with van der Waals surface area (Å²) in [5.41, 5.74) is 6.17. The van der Waals surface area contributed by atoms with Crippen LogP contribution >= 0.6 is 0 Å². The molecule has 0 aromatic heterocycles. The first-order valence-electron chi connectivity index (χ1n) is 7.12. The van der Waals surface area contributed by atoms with Crippen LogP contribution in [0.2, 0.25) is 0 Å². The lowest BCUT2D eigenvalue weighted by Crippen LogP contribution is -2.27. The van der Waals surface area contributed by atoms with E-state index in [0.29, 0.717) is 12.0 Å². The Bertz CT molecular complexity index is 237. The maximum atomic E-state index is 6.17. The SMILES string of the molecule is CCC(CC1CC1)N=C(N)C1CCCCC1. The number of rotatable bonds is 5. The van der Waals surface area contributed by atoms with Gasteiger partial charge in [-0.3, -0.25) is 4.99 Å². The van der Waals surface area contributed by atoms with Gasteiger partial charge in [0, 0.05) is 5.92 Å². The van der Waals surface area contributed by atoms with Crippen molar-refractivity contribution in [2.75, 3.05) is 0 Å². The van der Waals surface area contributed by atoms with E-state index in [0.717, 1.165) is 18.2 Å². The van der Waals surface area contributed by atoms with Crippen LogP contribution in [0.15, 0.2) is 4.99 Å². The number of amidine groups is 1. The highest BCUT2D eigenvalue weighted by Crippen LogP contribution is 2.35. The van der Waals surface area contributed by atoms with E-state index in [4.69, 9.17) is 10.7 Å². The van der Waals surface area contributed by atoms with Gasteiger partial charge < -0.3 is 5.73 Å². The highest BCUT2D eigenvalue weighted by atomic mass is 14.9. The van der Waals surface area contributed by atoms with Gasteiger partial charge in [-0.1, -0.05) is 39.0 Å². The molecule has 0 aromatic carbocycles. The lowest BCUT2D eigenvalue weighted by Gasteiger charge is -2.22. The molecule has 0 heterocycles. The first kappa shape index (κ1) is 11.9. The zero-order chi connectivity index (χ0) is 11.4. The topological polar surface area (TPSA) is 38.4 Å². The molecule has 16 heavy (non-hydrogen) atoms. The number of hydrogen-bond donors (Lipinski definition) is 1. The van der Waals surface area contributed by atoms with Crippen LogP contribution in [0.25, 0.3) is 0 Å². The minimum absolute atomic E-state index is 0.509. The summed E-state index contributed by atoms with van der Waals surface area (Å²) in [6.45, 7) is 2.24. The van der Waals surface area contributed by atoms with E-state index >= 15 is 0 Å². The summed E-state index contributed by atoms with van der Waals surface area (Å²) in [5.74, 6) is 2.53. The second-order valence-corrected chi connectivity index (χ2v) is 5.63. The molecule has 2 fully saturated rings. The van der Waals surface area contributed by atoms with Crippen molar-refractivity contribution >= 4 is 5.84 Å². The maximum absolute atomic E-state index is 6.17. The number of nitrogens with two attached hydrogens (primary N) is 1. The summed E-state index contributed by atoms with van der Waals surface area (Å²) in [7, 11) is 0. The van der Waals surface area contributed by atoms with Crippen molar-refractivity contribution in [2.24, 2.45) is 22.6 Å². The fourth-order valence-electron chi connectivity index (χ4n) is 2.76. The quantitative estimate of drug-likeness (QED) is 0.561. The van der Waals surface area contributed by atoms with E-state index < -0.39 is 0 Å². The summed E-state index contributed by atoms with van der Waals surface area (Å²) in [6, 6.07) is 0.509. The Kier molecular flexibility index (Phi) is 4.25. The molecule has 0 saturated heterocycles. The molecule has 0 amide bonds. The zero-order valence-corrected chi connectivity index (χ0v) is 10.6. The molecule has 2 rings (SSSR count). The van der Waals surface area contributed by atoms with Gasteiger partial charge in [-0.05, 0) is 31.6 Å². The summed E-state index contributed by atoms with van der Waals surface area (Å²) >= 11 is 0. The predicted octanol–water partition coefficient (Wildman–Crippen LogP) is 3.50. The Morgan fingerprint density at radius 1 is 1.19 bits per heavy atom. The molecule has 0 bridgehead atoms. The van der Waals surface area contributed by atoms with Gasteiger partial charge in [0.2, 0.25) is 0 Å². The number of aliphatic imine (C=N–C) groups is 1. The van der Waals surface area contributed by atoms with Crippen LogP contribution in [0.1, 0.15) is 64.7 Å². The molecule has 0 spiro atoms. The Morgan fingerprint density at radius 2 is 1.88 bits per heavy atom. The van der Waals surface area contributed by atoms with E-state index in [1.54, 1.807) is 0 Å². The van der Waals surface area contributed by atoms with Gasteiger partial charge in [-0.2, -0.15) is 0 Å². The molecule has 2 aliphatic rings. The van der Waals surface area contributed by atoms with E-state index in [-0.39, 0.29) is 0 Å².